The van der Waals surface area contributed by atoms with Crippen LogP contribution < -0.4 is 0 Å². The van der Waals surface area contributed by atoms with Crippen molar-refractivity contribution in [3.63, 3.8) is 0 Å². The van der Waals surface area contributed by atoms with Crippen LogP contribution in [0.15, 0.2) is 35.2 Å². The molecule has 0 radical (unpaired) electrons. The highest BCUT2D eigenvalue weighted by atomic mass is 32.2. The molecular formula is C13H16O3S. The van der Waals surface area contributed by atoms with Crippen LogP contribution in [-0.4, -0.2) is 14.5 Å². The van der Waals surface area contributed by atoms with Gasteiger partial charge >= 0.3 is 0 Å². The van der Waals surface area contributed by atoms with Crippen LogP contribution in [0.1, 0.15) is 25.7 Å². The molecule has 2 aliphatic carbocycles. The highest BCUT2D eigenvalue weighted by molar-refractivity contribution is 7.86. The quantitative estimate of drug-likeness (QED) is 0.777. The van der Waals surface area contributed by atoms with Gasteiger partial charge in [-0.05, 0) is 49.7 Å². The van der Waals surface area contributed by atoms with Gasteiger partial charge in [-0.3, -0.25) is 4.18 Å². The van der Waals surface area contributed by atoms with Gasteiger partial charge in [0.25, 0.3) is 10.1 Å². The summed E-state index contributed by atoms with van der Waals surface area (Å²) in [5, 5.41) is 0. The Hall–Kier alpha value is -0.870. The summed E-state index contributed by atoms with van der Waals surface area (Å²) < 4.78 is 29.5. The summed E-state index contributed by atoms with van der Waals surface area (Å²) in [6, 6.07) is 8.41. The van der Waals surface area contributed by atoms with E-state index in [1.54, 1.807) is 30.3 Å². The van der Waals surface area contributed by atoms with E-state index in [9.17, 15) is 8.42 Å². The molecule has 0 unspecified atom stereocenters. The molecule has 0 aliphatic heterocycles. The topological polar surface area (TPSA) is 43.4 Å². The van der Waals surface area contributed by atoms with E-state index < -0.39 is 10.1 Å². The van der Waals surface area contributed by atoms with Gasteiger partial charge in [0, 0.05) is 0 Å². The Bertz CT molecular complexity index is 495. The number of rotatable bonds is 3. The molecule has 4 heteroatoms. The number of fused-ring (bicyclic) bond motifs is 2. The molecular weight excluding hydrogens is 236 g/mol. The smallest absolute Gasteiger partial charge is 0.263 e. The van der Waals surface area contributed by atoms with Crippen molar-refractivity contribution in [2.45, 2.75) is 36.7 Å². The van der Waals surface area contributed by atoms with Crippen molar-refractivity contribution >= 4 is 10.1 Å². The minimum atomic E-state index is -3.57. The van der Waals surface area contributed by atoms with E-state index in [0.717, 1.165) is 19.3 Å². The molecule has 2 fully saturated rings. The van der Waals surface area contributed by atoms with E-state index in [4.69, 9.17) is 4.18 Å². The molecule has 3 rings (SSSR count). The summed E-state index contributed by atoms with van der Waals surface area (Å²) >= 11 is 0. The average Bonchev–Trinajstić information content (AvgIpc) is 2.91. The highest BCUT2D eigenvalue weighted by Gasteiger charge is 2.42. The van der Waals surface area contributed by atoms with Gasteiger partial charge in [0.15, 0.2) is 0 Å². The lowest BCUT2D eigenvalue weighted by Gasteiger charge is -2.21. The molecule has 1 aromatic rings. The Morgan fingerprint density at radius 1 is 1.06 bits per heavy atom. The fourth-order valence-corrected chi connectivity index (χ4v) is 4.27. The third-order valence-electron chi connectivity index (χ3n) is 3.96. The van der Waals surface area contributed by atoms with Gasteiger partial charge in [-0.15, -0.1) is 0 Å². The second kappa shape index (κ2) is 4.10. The van der Waals surface area contributed by atoms with Crippen LogP contribution in [-0.2, 0) is 14.3 Å². The summed E-state index contributed by atoms with van der Waals surface area (Å²) in [4.78, 5) is 0.266. The van der Waals surface area contributed by atoms with Crippen molar-refractivity contribution in [3.8, 4) is 0 Å². The van der Waals surface area contributed by atoms with Crippen molar-refractivity contribution < 1.29 is 12.6 Å². The van der Waals surface area contributed by atoms with Crippen LogP contribution in [0.25, 0.3) is 0 Å². The summed E-state index contributed by atoms with van der Waals surface area (Å²) in [6.45, 7) is 0. The van der Waals surface area contributed by atoms with Gasteiger partial charge in [0.1, 0.15) is 0 Å². The Labute approximate surface area is 102 Å². The second-order valence-electron chi connectivity index (χ2n) is 5.08. The molecule has 17 heavy (non-hydrogen) atoms. The van der Waals surface area contributed by atoms with Gasteiger partial charge in [-0.25, -0.2) is 0 Å². The lowest BCUT2D eigenvalue weighted by Crippen LogP contribution is -2.24. The van der Waals surface area contributed by atoms with Gasteiger partial charge < -0.3 is 0 Å². The Morgan fingerprint density at radius 2 is 1.82 bits per heavy atom. The molecule has 3 atom stereocenters. The van der Waals surface area contributed by atoms with Crippen LogP contribution in [0.5, 0.6) is 0 Å². The predicted molar refractivity (Wildman–Crippen MR) is 63.9 cm³/mol. The summed E-state index contributed by atoms with van der Waals surface area (Å²) in [6.07, 6.45) is 4.35. The maximum atomic E-state index is 12.0. The first-order chi connectivity index (χ1) is 8.15. The predicted octanol–water partition coefficient (Wildman–Crippen LogP) is 2.58. The zero-order valence-electron chi connectivity index (χ0n) is 9.58. The highest BCUT2D eigenvalue weighted by Crippen LogP contribution is 2.46. The first kappa shape index (κ1) is 11.2. The van der Waals surface area contributed by atoms with Gasteiger partial charge in [0.2, 0.25) is 0 Å². The molecule has 92 valence electrons. The van der Waals surface area contributed by atoms with E-state index >= 15 is 0 Å². The molecule has 2 saturated carbocycles. The zero-order chi connectivity index (χ0) is 11.9. The molecule has 3 nitrogen and oxygen atoms in total. The fourth-order valence-electron chi connectivity index (χ4n) is 3.11. The molecule has 1 aromatic carbocycles. The molecule has 0 spiro atoms. The van der Waals surface area contributed by atoms with E-state index in [-0.39, 0.29) is 11.0 Å². The first-order valence-corrected chi connectivity index (χ1v) is 7.54. The van der Waals surface area contributed by atoms with E-state index in [0.29, 0.717) is 11.8 Å². The van der Waals surface area contributed by atoms with Gasteiger partial charge in [0.05, 0.1) is 11.0 Å². The van der Waals surface area contributed by atoms with Gasteiger partial charge in [-0.1, -0.05) is 18.2 Å². The summed E-state index contributed by atoms with van der Waals surface area (Å²) in [5.74, 6) is 1.15. The molecule has 0 heterocycles. The first-order valence-electron chi connectivity index (χ1n) is 6.13. The minimum Gasteiger partial charge on any atom is -0.263 e. The molecule has 0 amide bonds. The molecule has 2 bridgehead atoms. The largest absolute Gasteiger partial charge is 0.297 e. The normalized spacial score (nSPS) is 31.9. The van der Waals surface area contributed by atoms with Crippen molar-refractivity contribution in [2.24, 2.45) is 11.8 Å². The van der Waals surface area contributed by atoms with Crippen LogP contribution in [0.4, 0.5) is 0 Å². The minimum absolute atomic E-state index is 0.0843. The maximum absolute atomic E-state index is 12.0. The third-order valence-corrected chi connectivity index (χ3v) is 5.31. The third kappa shape index (κ3) is 2.11. The number of benzene rings is 1. The van der Waals surface area contributed by atoms with Crippen molar-refractivity contribution in [3.05, 3.63) is 30.3 Å². The number of hydrogen-bond donors (Lipinski definition) is 0. The van der Waals surface area contributed by atoms with E-state index in [2.05, 4.69) is 0 Å². The zero-order valence-corrected chi connectivity index (χ0v) is 10.4. The lowest BCUT2D eigenvalue weighted by molar-refractivity contribution is 0.145. The van der Waals surface area contributed by atoms with Gasteiger partial charge in [-0.2, -0.15) is 8.42 Å². The Kier molecular flexibility index (Phi) is 2.71. The lowest BCUT2D eigenvalue weighted by atomic mass is 9.98. The Morgan fingerprint density at radius 3 is 2.41 bits per heavy atom. The SMILES string of the molecule is O=S(=O)(O[C@@H]1C[C@@H]2CC[C@H]1C2)c1ccccc1. The molecule has 0 saturated heterocycles. The number of hydrogen-bond acceptors (Lipinski definition) is 3. The standard InChI is InChI=1S/C13H16O3S/c14-17(15,12-4-2-1-3-5-12)16-13-9-10-6-7-11(13)8-10/h1-5,10-11,13H,6-9H2/t10-,11+,13-/m1/s1. The van der Waals surface area contributed by atoms with E-state index in [1.807, 2.05) is 0 Å². The summed E-state index contributed by atoms with van der Waals surface area (Å²) in [5.41, 5.74) is 0. The van der Waals surface area contributed by atoms with Crippen LogP contribution in [0.3, 0.4) is 0 Å². The monoisotopic (exact) mass is 252 g/mol. The van der Waals surface area contributed by atoms with Crippen molar-refractivity contribution in [2.75, 3.05) is 0 Å². The molecule has 0 aromatic heterocycles. The van der Waals surface area contributed by atoms with E-state index in [1.165, 1.54) is 6.42 Å². The maximum Gasteiger partial charge on any atom is 0.297 e. The molecule has 0 N–H and O–H groups in total. The van der Waals surface area contributed by atoms with Crippen LogP contribution in [0, 0.1) is 11.8 Å². The average molecular weight is 252 g/mol. The van der Waals surface area contributed by atoms with Crippen molar-refractivity contribution in [1.82, 2.24) is 0 Å². The molecule has 2 aliphatic rings. The summed E-state index contributed by atoms with van der Waals surface area (Å²) in [7, 11) is -3.57. The Balaban J connectivity index is 1.77. The van der Waals surface area contributed by atoms with Crippen LogP contribution >= 0.6 is 0 Å². The fraction of sp³-hybridized carbons (Fsp3) is 0.538. The second-order valence-corrected chi connectivity index (χ2v) is 6.65. The van der Waals surface area contributed by atoms with Crippen LogP contribution in [0.2, 0.25) is 0 Å². The van der Waals surface area contributed by atoms with Crippen molar-refractivity contribution in [1.29, 1.82) is 0 Å².